The van der Waals surface area contributed by atoms with Crippen LogP contribution in [-0.2, 0) is 14.8 Å². The molecule has 1 aliphatic rings. The van der Waals surface area contributed by atoms with Crippen molar-refractivity contribution >= 4 is 21.9 Å². The smallest absolute Gasteiger partial charge is 0.323 e. The molecule has 0 aromatic heterocycles. The van der Waals surface area contributed by atoms with Gasteiger partial charge in [-0.1, -0.05) is 13.8 Å². The number of rotatable bonds is 8. The van der Waals surface area contributed by atoms with Crippen molar-refractivity contribution in [3.8, 4) is 0 Å². The second-order valence-electron chi connectivity index (χ2n) is 5.67. The fourth-order valence-corrected chi connectivity index (χ4v) is 4.00. The number of carbonyl (C=O) groups excluding carboxylic acids is 1. The van der Waals surface area contributed by atoms with Crippen LogP contribution in [0.5, 0.6) is 0 Å². The molecule has 1 saturated carbocycles. The Bertz CT molecular complexity index is 706. The molecule has 0 bridgehead atoms. The summed E-state index contributed by atoms with van der Waals surface area (Å²) in [7, 11) is -3.57. The van der Waals surface area contributed by atoms with Gasteiger partial charge in [-0.3, -0.25) is 9.59 Å². The minimum atomic E-state index is -3.57. The maximum absolute atomic E-state index is 12.5. The number of amides is 1. The third-order valence-electron chi connectivity index (χ3n) is 4.00. The molecule has 24 heavy (non-hydrogen) atoms. The lowest BCUT2D eigenvalue weighted by molar-refractivity contribution is -0.137. The summed E-state index contributed by atoms with van der Waals surface area (Å²) in [6.07, 6.45) is 1.60. The molecule has 1 aromatic rings. The maximum atomic E-state index is 12.5. The molecule has 0 aliphatic heterocycles. The van der Waals surface area contributed by atoms with E-state index in [9.17, 15) is 18.0 Å². The Labute approximate surface area is 141 Å². The normalized spacial score (nSPS) is 14.6. The van der Waals surface area contributed by atoms with Gasteiger partial charge in [-0.25, -0.2) is 8.42 Å². The number of carboxylic acid groups (broad SMARTS) is 1. The van der Waals surface area contributed by atoms with Crippen molar-refractivity contribution in [1.29, 1.82) is 0 Å². The first-order chi connectivity index (χ1) is 11.3. The molecule has 0 spiro atoms. The fourth-order valence-electron chi connectivity index (χ4n) is 2.55. The molecule has 1 fully saturated rings. The summed E-state index contributed by atoms with van der Waals surface area (Å²) in [5.74, 6) is -1.44. The largest absolute Gasteiger partial charge is 0.480 e. The topological polar surface area (TPSA) is 95.0 Å². The Kier molecular flexibility index (Phi) is 5.61. The number of carboxylic acids is 1. The minimum absolute atomic E-state index is 0.0346. The van der Waals surface area contributed by atoms with Crippen molar-refractivity contribution in [2.24, 2.45) is 0 Å². The Morgan fingerprint density at radius 3 is 2.08 bits per heavy atom. The van der Waals surface area contributed by atoms with E-state index in [1.165, 1.54) is 33.5 Å². The first-order valence-electron chi connectivity index (χ1n) is 7.94. The molecule has 1 amide bonds. The van der Waals surface area contributed by atoms with E-state index < -0.39 is 16.0 Å². The number of sulfonamides is 1. The predicted octanol–water partition coefficient (Wildman–Crippen LogP) is 1.41. The van der Waals surface area contributed by atoms with Crippen LogP contribution >= 0.6 is 0 Å². The van der Waals surface area contributed by atoms with Crippen LogP contribution in [0.15, 0.2) is 29.2 Å². The standard InChI is InChI=1S/C16H22N2O5S/c1-3-17(4-2)24(22,23)14-9-5-12(6-10-14)16(21)18(11-15(19)20)13-7-8-13/h5-6,9-10,13H,3-4,7-8,11H2,1-2H3,(H,19,20). The van der Waals surface area contributed by atoms with Gasteiger partial charge in [0, 0.05) is 24.7 Å². The van der Waals surface area contributed by atoms with E-state index in [2.05, 4.69) is 0 Å². The van der Waals surface area contributed by atoms with Crippen LogP contribution in [0, 0.1) is 0 Å². The number of hydrogen-bond acceptors (Lipinski definition) is 4. The highest BCUT2D eigenvalue weighted by molar-refractivity contribution is 7.89. The van der Waals surface area contributed by atoms with Gasteiger partial charge in [-0.05, 0) is 37.1 Å². The maximum Gasteiger partial charge on any atom is 0.323 e. The van der Waals surface area contributed by atoms with Crippen molar-refractivity contribution in [2.75, 3.05) is 19.6 Å². The molecule has 0 radical (unpaired) electrons. The summed E-state index contributed by atoms with van der Waals surface area (Å²) in [4.78, 5) is 24.9. The summed E-state index contributed by atoms with van der Waals surface area (Å²) >= 11 is 0. The highest BCUT2D eigenvalue weighted by Crippen LogP contribution is 2.28. The zero-order chi connectivity index (χ0) is 17.9. The predicted molar refractivity (Wildman–Crippen MR) is 88.2 cm³/mol. The zero-order valence-corrected chi connectivity index (χ0v) is 14.6. The van der Waals surface area contributed by atoms with Crippen molar-refractivity contribution in [3.05, 3.63) is 29.8 Å². The van der Waals surface area contributed by atoms with E-state index in [1.54, 1.807) is 13.8 Å². The molecule has 0 saturated heterocycles. The van der Waals surface area contributed by atoms with Crippen molar-refractivity contribution < 1.29 is 23.1 Å². The summed E-state index contributed by atoms with van der Waals surface area (Å²) in [6.45, 7) is 3.92. The summed E-state index contributed by atoms with van der Waals surface area (Å²) in [5.41, 5.74) is 0.293. The first kappa shape index (κ1) is 18.4. The molecule has 1 aliphatic carbocycles. The van der Waals surface area contributed by atoms with Crippen LogP contribution in [0.1, 0.15) is 37.0 Å². The Morgan fingerprint density at radius 1 is 1.12 bits per heavy atom. The molecule has 8 heteroatoms. The molecular formula is C16H22N2O5S. The number of nitrogens with zero attached hydrogens (tertiary/aromatic N) is 2. The number of benzene rings is 1. The molecule has 0 heterocycles. The third-order valence-corrected chi connectivity index (χ3v) is 6.06. The van der Waals surface area contributed by atoms with Crippen LogP contribution < -0.4 is 0 Å². The molecule has 132 valence electrons. The highest BCUT2D eigenvalue weighted by Gasteiger charge is 2.34. The van der Waals surface area contributed by atoms with Gasteiger partial charge in [-0.2, -0.15) is 4.31 Å². The molecule has 7 nitrogen and oxygen atoms in total. The average Bonchev–Trinajstić information content (AvgIpc) is 3.37. The Balaban J connectivity index is 2.22. The number of hydrogen-bond donors (Lipinski definition) is 1. The van der Waals surface area contributed by atoms with Gasteiger partial charge in [0.1, 0.15) is 6.54 Å². The van der Waals surface area contributed by atoms with Crippen LogP contribution in [0.25, 0.3) is 0 Å². The summed E-state index contributed by atoms with van der Waals surface area (Å²) < 4.78 is 26.2. The van der Waals surface area contributed by atoms with Crippen molar-refractivity contribution in [1.82, 2.24) is 9.21 Å². The minimum Gasteiger partial charge on any atom is -0.480 e. The monoisotopic (exact) mass is 354 g/mol. The van der Waals surface area contributed by atoms with Crippen LogP contribution in [0.4, 0.5) is 0 Å². The number of carbonyl (C=O) groups is 2. The second-order valence-corrected chi connectivity index (χ2v) is 7.61. The van der Waals surface area contributed by atoms with Gasteiger partial charge >= 0.3 is 5.97 Å². The van der Waals surface area contributed by atoms with Gasteiger partial charge in [0.25, 0.3) is 5.91 Å². The van der Waals surface area contributed by atoms with Gasteiger partial charge in [0.05, 0.1) is 4.90 Å². The quantitative estimate of drug-likeness (QED) is 0.761. The number of aliphatic carboxylic acids is 1. The summed E-state index contributed by atoms with van der Waals surface area (Å²) in [6, 6.07) is 5.64. The lowest BCUT2D eigenvalue weighted by atomic mass is 10.2. The van der Waals surface area contributed by atoms with E-state index in [4.69, 9.17) is 5.11 Å². The SMILES string of the molecule is CCN(CC)S(=O)(=O)c1ccc(C(=O)N(CC(=O)O)C2CC2)cc1. The average molecular weight is 354 g/mol. The molecule has 2 rings (SSSR count). The first-order valence-corrected chi connectivity index (χ1v) is 9.38. The van der Waals surface area contributed by atoms with Gasteiger partial charge < -0.3 is 10.0 Å². The van der Waals surface area contributed by atoms with Crippen molar-refractivity contribution in [2.45, 2.75) is 37.6 Å². The van der Waals surface area contributed by atoms with E-state index in [0.29, 0.717) is 18.7 Å². The van der Waals surface area contributed by atoms with E-state index in [0.717, 1.165) is 12.8 Å². The molecular weight excluding hydrogens is 332 g/mol. The second kappa shape index (κ2) is 7.31. The fraction of sp³-hybridized carbons (Fsp3) is 0.500. The molecule has 1 N–H and O–H groups in total. The van der Waals surface area contributed by atoms with E-state index in [-0.39, 0.29) is 23.4 Å². The van der Waals surface area contributed by atoms with Crippen LogP contribution in [0.3, 0.4) is 0 Å². The Morgan fingerprint density at radius 2 is 1.67 bits per heavy atom. The van der Waals surface area contributed by atoms with Gasteiger partial charge in [0.15, 0.2) is 0 Å². The van der Waals surface area contributed by atoms with Crippen LogP contribution in [0.2, 0.25) is 0 Å². The molecule has 0 unspecified atom stereocenters. The summed E-state index contributed by atoms with van der Waals surface area (Å²) in [5, 5.41) is 8.94. The van der Waals surface area contributed by atoms with E-state index >= 15 is 0 Å². The van der Waals surface area contributed by atoms with E-state index in [1.807, 2.05) is 0 Å². The zero-order valence-electron chi connectivity index (χ0n) is 13.8. The molecule has 0 atom stereocenters. The lowest BCUT2D eigenvalue weighted by Gasteiger charge is -2.21. The van der Waals surface area contributed by atoms with Crippen molar-refractivity contribution in [3.63, 3.8) is 0 Å². The lowest BCUT2D eigenvalue weighted by Crippen LogP contribution is -2.37. The molecule has 1 aromatic carbocycles. The Hall–Kier alpha value is -1.93. The van der Waals surface area contributed by atoms with Gasteiger partial charge in [0.2, 0.25) is 10.0 Å². The van der Waals surface area contributed by atoms with Crippen LogP contribution in [-0.4, -0.2) is 60.3 Å². The highest BCUT2D eigenvalue weighted by atomic mass is 32.2. The van der Waals surface area contributed by atoms with Gasteiger partial charge in [-0.15, -0.1) is 0 Å². The third kappa shape index (κ3) is 3.93.